The van der Waals surface area contributed by atoms with Crippen LogP contribution in [0.15, 0.2) is 30.3 Å². The lowest BCUT2D eigenvalue weighted by molar-refractivity contribution is -0.119. The molecule has 1 aromatic carbocycles. The molecule has 1 aromatic rings. The summed E-state index contributed by atoms with van der Waals surface area (Å²) >= 11 is 0. The molecule has 1 aliphatic heterocycles. The van der Waals surface area contributed by atoms with Crippen LogP contribution in [0.1, 0.15) is 45.1 Å². The van der Waals surface area contributed by atoms with Gasteiger partial charge < -0.3 is 5.32 Å². The first-order valence-corrected chi connectivity index (χ1v) is 7.33. The summed E-state index contributed by atoms with van der Waals surface area (Å²) < 4.78 is 0. The number of benzene rings is 1. The molecule has 1 heterocycles. The average molecular weight is 257 g/mol. The van der Waals surface area contributed by atoms with E-state index in [9.17, 15) is 4.79 Å². The van der Waals surface area contributed by atoms with Crippen molar-refractivity contribution in [3.05, 3.63) is 35.9 Å². The van der Waals surface area contributed by atoms with Crippen molar-refractivity contribution >= 4 is 5.91 Å². The predicted octanol–water partition coefficient (Wildman–Crippen LogP) is 3.31. The van der Waals surface area contributed by atoms with Gasteiger partial charge in [-0.3, -0.25) is 4.79 Å². The van der Waals surface area contributed by atoms with Crippen LogP contribution < -0.4 is 5.32 Å². The second-order valence-corrected chi connectivity index (χ2v) is 7.19. The van der Waals surface area contributed by atoms with E-state index in [2.05, 4.69) is 43.4 Å². The molecule has 102 valence electrons. The van der Waals surface area contributed by atoms with E-state index in [1.54, 1.807) is 0 Å². The first-order chi connectivity index (χ1) is 8.99. The monoisotopic (exact) mass is 257 g/mol. The Morgan fingerprint density at radius 1 is 1.21 bits per heavy atom. The number of nitrogens with one attached hydrogen (secondary N) is 1. The van der Waals surface area contributed by atoms with Gasteiger partial charge in [0.25, 0.3) is 0 Å². The van der Waals surface area contributed by atoms with Gasteiger partial charge in [-0.1, -0.05) is 44.2 Å². The second kappa shape index (κ2) is 4.36. The fourth-order valence-electron chi connectivity index (χ4n) is 4.12. The van der Waals surface area contributed by atoms with Crippen molar-refractivity contribution in [3.8, 4) is 0 Å². The van der Waals surface area contributed by atoms with Crippen LogP contribution in [0.5, 0.6) is 0 Å². The third-order valence-electron chi connectivity index (χ3n) is 5.00. The van der Waals surface area contributed by atoms with E-state index in [0.717, 1.165) is 12.8 Å². The van der Waals surface area contributed by atoms with Crippen molar-refractivity contribution in [2.75, 3.05) is 0 Å². The Labute approximate surface area is 115 Å². The molecule has 1 spiro atoms. The van der Waals surface area contributed by atoms with Crippen LogP contribution in [0.4, 0.5) is 0 Å². The molecule has 3 rings (SSSR count). The molecule has 0 radical (unpaired) electrons. The average Bonchev–Trinajstić information content (AvgIpc) is 2.81. The van der Waals surface area contributed by atoms with Gasteiger partial charge in [0.15, 0.2) is 0 Å². The summed E-state index contributed by atoms with van der Waals surface area (Å²) in [6, 6.07) is 10.9. The lowest BCUT2D eigenvalue weighted by atomic mass is 9.74. The van der Waals surface area contributed by atoms with E-state index in [1.807, 2.05) is 6.07 Å². The van der Waals surface area contributed by atoms with E-state index in [4.69, 9.17) is 0 Å². The number of rotatable bonds is 2. The van der Waals surface area contributed by atoms with Crippen molar-refractivity contribution in [1.82, 2.24) is 5.32 Å². The maximum atomic E-state index is 11.9. The van der Waals surface area contributed by atoms with Crippen molar-refractivity contribution in [3.63, 3.8) is 0 Å². The standard InChI is InChI=1S/C17H23NO/c1-16(2)8-9-17(12-16)11-15(19)18-14(17)10-13-6-4-3-5-7-13/h3-7,14H,8-12H2,1-2H3,(H,18,19). The highest BCUT2D eigenvalue weighted by Crippen LogP contribution is 2.55. The van der Waals surface area contributed by atoms with Gasteiger partial charge in [-0.15, -0.1) is 0 Å². The van der Waals surface area contributed by atoms with Crippen molar-refractivity contribution in [2.24, 2.45) is 10.8 Å². The van der Waals surface area contributed by atoms with Crippen LogP contribution in [0.25, 0.3) is 0 Å². The highest BCUT2D eigenvalue weighted by Gasteiger charge is 2.52. The molecule has 0 aromatic heterocycles. The Bertz CT molecular complexity index is 479. The molecule has 1 saturated heterocycles. The maximum Gasteiger partial charge on any atom is 0.220 e. The Balaban J connectivity index is 1.82. The molecule has 2 aliphatic rings. The van der Waals surface area contributed by atoms with Crippen LogP contribution in [-0.2, 0) is 11.2 Å². The van der Waals surface area contributed by atoms with Gasteiger partial charge in [0.1, 0.15) is 0 Å². The van der Waals surface area contributed by atoms with Crippen LogP contribution in [0, 0.1) is 10.8 Å². The fraction of sp³-hybridized carbons (Fsp3) is 0.588. The normalized spacial score (nSPS) is 32.7. The SMILES string of the molecule is CC1(C)CCC2(CC(=O)NC2Cc2ccccc2)C1. The Morgan fingerprint density at radius 3 is 2.58 bits per heavy atom. The zero-order chi connectivity index (χ0) is 13.5. The summed E-state index contributed by atoms with van der Waals surface area (Å²) in [7, 11) is 0. The first-order valence-electron chi connectivity index (χ1n) is 7.33. The minimum Gasteiger partial charge on any atom is -0.352 e. The molecule has 1 aliphatic carbocycles. The summed E-state index contributed by atoms with van der Waals surface area (Å²) in [5, 5.41) is 3.23. The maximum absolute atomic E-state index is 11.9. The molecule has 1 saturated carbocycles. The lowest BCUT2D eigenvalue weighted by Gasteiger charge is -2.31. The van der Waals surface area contributed by atoms with Crippen LogP contribution in [-0.4, -0.2) is 11.9 Å². The number of carbonyl (C=O) groups is 1. The van der Waals surface area contributed by atoms with Gasteiger partial charge in [-0.05, 0) is 36.7 Å². The third-order valence-corrected chi connectivity index (χ3v) is 5.00. The summed E-state index contributed by atoms with van der Waals surface area (Å²) in [6.07, 6.45) is 5.32. The van der Waals surface area contributed by atoms with Crippen LogP contribution >= 0.6 is 0 Å². The van der Waals surface area contributed by atoms with Crippen molar-refractivity contribution in [2.45, 2.75) is 52.0 Å². The van der Waals surface area contributed by atoms with Gasteiger partial charge >= 0.3 is 0 Å². The minimum absolute atomic E-state index is 0.205. The molecule has 2 heteroatoms. The topological polar surface area (TPSA) is 29.1 Å². The highest BCUT2D eigenvalue weighted by atomic mass is 16.2. The fourth-order valence-corrected chi connectivity index (χ4v) is 4.12. The largest absolute Gasteiger partial charge is 0.352 e. The molecule has 19 heavy (non-hydrogen) atoms. The summed E-state index contributed by atoms with van der Waals surface area (Å²) in [6.45, 7) is 4.67. The molecule has 2 fully saturated rings. The highest BCUT2D eigenvalue weighted by molar-refractivity contribution is 5.80. The molecule has 1 N–H and O–H groups in total. The van der Waals surface area contributed by atoms with Gasteiger partial charge in [0, 0.05) is 17.9 Å². The van der Waals surface area contributed by atoms with Crippen LogP contribution in [0.3, 0.4) is 0 Å². The summed E-state index contributed by atoms with van der Waals surface area (Å²) in [4.78, 5) is 11.9. The van der Waals surface area contributed by atoms with E-state index >= 15 is 0 Å². The van der Waals surface area contributed by atoms with E-state index in [0.29, 0.717) is 11.5 Å². The van der Waals surface area contributed by atoms with Gasteiger partial charge in [0.05, 0.1) is 0 Å². The zero-order valence-electron chi connectivity index (χ0n) is 11.9. The summed E-state index contributed by atoms with van der Waals surface area (Å²) in [5.74, 6) is 0.249. The third kappa shape index (κ3) is 2.41. The van der Waals surface area contributed by atoms with E-state index < -0.39 is 0 Å². The molecular formula is C17H23NO. The Kier molecular flexibility index (Phi) is 2.92. The quantitative estimate of drug-likeness (QED) is 0.865. The van der Waals surface area contributed by atoms with Gasteiger partial charge in [-0.25, -0.2) is 0 Å². The minimum atomic E-state index is 0.205. The Morgan fingerprint density at radius 2 is 1.95 bits per heavy atom. The van der Waals surface area contributed by atoms with E-state index in [-0.39, 0.29) is 11.3 Å². The molecule has 2 nitrogen and oxygen atoms in total. The predicted molar refractivity (Wildman–Crippen MR) is 76.8 cm³/mol. The smallest absolute Gasteiger partial charge is 0.220 e. The molecule has 2 atom stereocenters. The molecular weight excluding hydrogens is 234 g/mol. The zero-order valence-corrected chi connectivity index (χ0v) is 11.9. The Hall–Kier alpha value is -1.31. The molecule has 1 amide bonds. The van der Waals surface area contributed by atoms with Crippen molar-refractivity contribution < 1.29 is 4.79 Å². The first kappa shape index (κ1) is 12.7. The number of carbonyl (C=O) groups excluding carboxylic acids is 1. The van der Waals surface area contributed by atoms with Crippen molar-refractivity contribution in [1.29, 1.82) is 0 Å². The lowest BCUT2D eigenvalue weighted by Crippen LogP contribution is -2.38. The second-order valence-electron chi connectivity index (χ2n) is 7.19. The molecule has 2 unspecified atom stereocenters. The number of amides is 1. The van der Waals surface area contributed by atoms with E-state index in [1.165, 1.54) is 24.8 Å². The summed E-state index contributed by atoms with van der Waals surface area (Å²) in [5.41, 5.74) is 1.93. The van der Waals surface area contributed by atoms with Gasteiger partial charge in [0.2, 0.25) is 5.91 Å². The number of hydrogen-bond donors (Lipinski definition) is 1. The molecule has 0 bridgehead atoms. The van der Waals surface area contributed by atoms with Crippen LogP contribution in [0.2, 0.25) is 0 Å². The number of hydrogen-bond acceptors (Lipinski definition) is 1. The van der Waals surface area contributed by atoms with Gasteiger partial charge in [-0.2, -0.15) is 0 Å².